The SMILES string of the molecule is CC1(C)Oc2c(cccc2-c2noc(CN)n2)S1. The lowest BCUT2D eigenvalue weighted by atomic mass is 10.2. The molecule has 1 aliphatic rings. The Balaban J connectivity index is 2.07. The van der Waals surface area contributed by atoms with Crippen molar-refractivity contribution in [2.24, 2.45) is 5.73 Å². The van der Waals surface area contributed by atoms with Crippen molar-refractivity contribution in [3.63, 3.8) is 0 Å². The Labute approximate surface area is 109 Å². The Bertz CT molecular complexity index is 595. The van der Waals surface area contributed by atoms with Gasteiger partial charge in [0.25, 0.3) is 0 Å². The first-order chi connectivity index (χ1) is 8.59. The van der Waals surface area contributed by atoms with E-state index in [1.54, 1.807) is 11.8 Å². The topological polar surface area (TPSA) is 74.2 Å². The third-order valence-electron chi connectivity index (χ3n) is 2.57. The van der Waals surface area contributed by atoms with E-state index in [-0.39, 0.29) is 11.5 Å². The van der Waals surface area contributed by atoms with Crippen LogP contribution in [0.15, 0.2) is 27.6 Å². The minimum absolute atomic E-state index is 0.239. The average Bonchev–Trinajstić information content (AvgIpc) is 2.89. The largest absolute Gasteiger partial charge is 0.475 e. The van der Waals surface area contributed by atoms with Crippen LogP contribution in [-0.2, 0) is 6.54 Å². The van der Waals surface area contributed by atoms with Crippen LogP contribution in [0.2, 0.25) is 0 Å². The molecule has 6 heteroatoms. The van der Waals surface area contributed by atoms with Gasteiger partial charge in [-0.05, 0) is 26.0 Å². The fraction of sp³-hybridized carbons (Fsp3) is 0.333. The zero-order valence-electron chi connectivity index (χ0n) is 10.1. The number of thioether (sulfide) groups is 1. The third kappa shape index (κ3) is 1.87. The van der Waals surface area contributed by atoms with E-state index >= 15 is 0 Å². The van der Waals surface area contributed by atoms with Gasteiger partial charge in [-0.3, -0.25) is 0 Å². The highest BCUT2D eigenvalue weighted by Crippen LogP contribution is 2.50. The zero-order valence-corrected chi connectivity index (χ0v) is 11.0. The molecular formula is C12H13N3O2S. The van der Waals surface area contributed by atoms with Crippen molar-refractivity contribution in [2.45, 2.75) is 30.2 Å². The molecule has 18 heavy (non-hydrogen) atoms. The molecule has 0 bridgehead atoms. The van der Waals surface area contributed by atoms with Gasteiger partial charge in [-0.2, -0.15) is 4.98 Å². The molecule has 1 aliphatic heterocycles. The van der Waals surface area contributed by atoms with E-state index in [1.807, 2.05) is 32.0 Å². The molecule has 1 aromatic heterocycles. The highest BCUT2D eigenvalue weighted by atomic mass is 32.2. The molecule has 0 saturated carbocycles. The number of fused-ring (bicyclic) bond motifs is 1. The van der Waals surface area contributed by atoms with Gasteiger partial charge in [0.05, 0.1) is 17.0 Å². The molecule has 2 aromatic rings. The summed E-state index contributed by atoms with van der Waals surface area (Å²) in [6, 6.07) is 5.92. The van der Waals surface area contributed by atoms with Crippen molar-refractivity contribution < 1.29 is 9.26 Å². The van der Waals surface area contributed by atoms with Crippen LogP contribution in [0.5, 0.6) is 5.75 Å². The fourth-order valence-corrected chi connectivity index (χ4v) is 2.90. The number of nitrogens with two attached hydrogens (primary N) is 1. The van der Waals surface area contributed by atoms with E-state index < -0.39 is 0 Å². The number of hydrogen-bond donors (Lipinski definition) is 1. The standard InChI is InChI=1S/C12H13N3O2S/c1-12(2)16-10-7(4-3-5-8(10)18-12)11-14-9(6-13)17-15-11/h3-5H,6,13H2,1-2H3. The van der Waals surface area contributed by atoms with E-state index in [4.69, 9.17) is 15.0 Å². The molecule has 0 saturated heterocycles. The summed E-state index contributed by atoms with van der Waals surface area (Å²) in [5.41, 5.74) is 6.31. The molecule has 2 heterocycles. The number of benzene rings is 1. The maximum atomic E-state index is 5.93. The van der Waals surface area contributed by atoms with Crippen LogP contribution in [0, 0.1) is 0 Å². The molecule has 1 aromatic carbocycles. The van der Waals surface area contributed by atoms with Gasteiger partial charge in [-0.25, -0.2) is 0 Å². The van der Waals surface area contributed by atoms with Gasteiger partial charge < -0.3 is 15.0 Å². The summed E-state index contributed by atoms with van der Waals surface area (Å²) >= 11 is 1.68. The van der Waals surface area contributed by atoms with Crippen LogP contribution >= 0.6 is 11.8 Å². The van der Waals surface area contributed by atoms with E-state index in [9.17, 15) is 0 Å². The molecule has 0 aliphatic carbocycles. The van der Waals surface area contributed by atoms with Gasteiger partial charge in [0.2, 0.25) is 11.7 Å². The molecular weight excluding hydrogens is 250 g/mol. The highest BCUT2D eigenvalue weighted by Gasteiger charge is 2.33. The summed E-state index contributed by atoms with van der Waals surface area (Å²) in [4.78, 5) is 5.06. The second-order valence-electron chi connectivity index (χ2n) is 4.45. The first-order valence-corrected chi connectivity index (χ1v) is 6.45. The third-order valence-corrected chi connectivity index (χ3v) is 3.68. The van der Waals surface area contributed by atoms with Crippen molar-refractivity contribution in [3.05, 3.63) is 24.1 Å². The Morgan fingerprint density at radius 1 is 1.39 bits per heavy atom. The molecule has 0 spiro atoms. The van der Waals surface area contributed by atoms with Crippen LogP contribution in [0.1, 0.15) is 19.7 Å². The van der Waals surface area contributed by atoms with Crippen molar-refractivity contribution >= 4 is 11.8 Å². The maximum Gasteiger partial charge on any atom is 0.240 e. The zero-order chi connectivity index (χ0) is 12.8. The number of para-hydroxylation sites is 1. The molecule has 5 nitrogen and oxygen atoms in total. The monoisotopic (exact) mass is 263 g/mol. The summed E-state index contributed by atoms with van der Waals surface area (Å²) in [7, 11) is 0. The summed E-state index contributed by atoms with van der Waals surface area (Å²) in [5, 5.41) is 3.93. The molecule has 0 atom stereocenters. The van der Waals surface area contributed by atoms with Crippen LogP contribution in [0.3, 0.4) is 0 Å². The van der Waals surface area contributed by atoms with Crippen LogP contribution in [0.25, 0.3) is 11.4 Å². The number of nitrogens with zero attached hydrogens (tertiary/aromatic N) is 2. The predicted octanol–water partition coefficient (Wildman–Crippen LogP) is 2.42. The minimum Gasteiger partial charge on any atom is -0.475 e. The van der Waals surface area contributed by atoms with E-state index in [0.29, 0.717) is 11.7 Å². The first kappa shape index (κ1) is 11.6. The smallest absolute Gasteiger partial charge is 0.240 e. The molecule has 94 valence electrons. The molecule has 3 rings (SSSR count). The Morgan fingerprint density at radius 2 is 2.22 bits per heavy atom. The summed E-state index contributed by atoms with van der Waals surface area (Å²) in [6.45, 7) is 4.30. The number of aromatic nitrogens is 2. The van der Waals surface area contributed by atoms with Gasteiger partial charge in [0.1, 0.15) is 5.75 Å². The molecule has 0 fully saturated rings. The summed E-state index contributed by atoms with van der Waals surface area (Å²) < 4.78 is 11.0. The van der Waals surface area contributed by atoms with Crippen LogP contribution in [0.4, 0.5) is 0 Å². The first-order valence-electron chi connectivity index (χ1n) is 5.63. The van der Waals surface area contributed by atoms with Crippen molar-refractivity contribution in [2.75, 3.05) is 0 Å². The second kappa shape index (κ2) is 4.00. The molecule has 0 unspecified atom stereocenters. The molecule has 0 radical (unpaired) electrons. The maximum absolute atomic E-state index is 5.93. The van der Waals surface area contributed by atoms with E-state index in [2.05, 4.69) is 10.1 Å². The molecule has 2 N–H and O–H groups in total. The van der Waals surface area contributed by atoms with E-state index in [1.165, 1.54) is 0 Å². The lowest BCUT2D eigenvalue weighted by Gasteiger charge is -2.16. The van der Waals surface area contributed by atoms with Gasteiger partial charge >= 0.3 is 0 Å². The predicted molar refractivity (Wildman–Crippen MR) is 68.2 cm³/mol. The average molecular weight is 263 g/mol. The van der Waals surface area contributed by atoms with E-state index in [0.717, 1.165) is 16.2 Å². The fourth-order valence-electron chi connectivity index (χ4n) is 1.86. The van der Waals surface area contributed by atoms with Gasteiger partial charge in [-0.15, -0.1) is 0 Å². The number of ether oxygens (including phenoxy) is 1. The van der Waals surface area contributed by atoms with Gasteiger partial charge in [0.15, 0.2) is 4.93 Å². The second-order valence-corrected chi connectivity index (χ2v) is 6.08. The molecule has 0 amide bonds. The van der Waals surface area contributed by atoms with Crippen molar-refractivity contribution in [3.8, 4) is 17.1 Å². The van der Waals surface area contributed by atoms with Gasteiger partial charge in [0, 0.05) is 0 Å². The quantitative estimate of drug-likeness (QED) is 0.896. The lowest BCUT2D eigenvalue weighted by Crippen LogP contribution is -2.18. The normalized spacial score (nSPS) is 16.4. The number of rotatable bonds is 2. The summed E-state index contributed by atoms with van der Waals surface area (Å²) in [6.07, 6.45) is 0. The number of hydrogen-bond acceptors (Lipinski definition) is 6. The van der Waals surface area contributed by atoms with Crippen LogP contribution < -0.4 is 10.5 Å². The Morgan fingerprint density at radius 3 is 2.94 bits per heavy atom. The van der Waals surface area contributed by atoms with Crippen molar-refractivity contribution in [1.82, 2.24) is 10.1 Å². The highest BCUT2D eigenvalue weighted by molar-refractivity contribution is 8.00. The van der Waals surface area contributed by atoms with Crippen LogP contribution in [-0.4, -0.2) is 15.1 Å². The Kier molecular flexibility index (Phi) is 2.57. The summed E-state index contributed by atoms with van der Waals surface area (Å²) in [5.74, 6) is 1.76. The minimum atomic E-state index is -0.265. The Hall–Kier alpha value is -1.53. The van der Waals surface area contributed by atoms with Gasteiger partial charge in [-0.1, -0.05) is 23.0 Å². The lowest BCUT2D eigenvalue weighted by molar-refractivity contribution is 0.216. The van der Waals surface area contributed by atoms with Crippen molar-refractivity contribution in [1.29, 1.82) is 0 Å².